The minimum Gasteiger partial charge on any atom is -0.371 e. The first kappa shape index (κ1) is 17.5. The number of aromatic nitrogens is 3. The van der Waals surface area contributed by atoms with E-state index in [1.54, 1.807) is 0 Å². The van der Waals surface area contributed by atoms with Crippen LogP contribution in [0.2, 0.25) is 0 Å². The van der Waals surface area contributed by atoms with Gasteiger partial charge in [-0.3, -0.25) is 0 Å². The van der Waals surface area contributed by atoms with Crippen LogP contribution in [0.25, 0.3) is 44.1 Å². The van der Waals surface area contributed by atoms with Crippen LogP contribution in [-0.4, -0.2) is 27.2 Å². The molecule has 5 aromatic rings. The normalized spacial score (nSPS) is 14.4. The first-order valence-corrected chi connectivity index (χ1v) is 10.8. The molecule has 6 rings (SSSR count). The van der Waals surface area contributed by atoms with Crippen molar-refractivity contribution in [3.8, 4) is 22.3 Å². The highest BCUT2D eigenvalue weighted by Gasteiger charge is 2.19. The summed E-state index contributed by atoms with van der Waals surface area (Å²) in [5.41, 5.74) is 8.96. The van der Waals surface area contributed by atoms with Gasteiger partial charge in [0.2, 0.25) is 0 Å². The van der Waals surface area contributed by atoms with E-state index in [2.05, 4.69) is 100 Å². The summed E-state index contributed by atoms with van der Waals surface area (Å²) >= 11 is 0. The average molecular weight is 395 g/mol. The SMILES string of the molecule is Cn1cc(-c2c[nH]cc2-c2cn(C)c3cc(N4CCCC4)ccc23)c2ccccc21. The third-order valence-corrected chi connectivity index (χ3v) is 6.67. The quantitative estimate of drug-likeness (QED) is 0.403. The molecule has 0 radical (unpaired) electrons. The summed E-state index contributed by atoms with van der Waals surface area (Å²) in [4.78, 5) is 5.88. The Labute approximate surface area is 176 Å². The number of hydrogen-bond donors (Lipinski definition) is 1. The summed E-state index contributed by atoms with van der Waals surface area (Å²) in [7, 11) is 4.28. The number of H-pyrrole nitrogens is 1. The molecule has 1 saturated heterocycles. The molecular weight excluding hydrogens is 368 g/mol. The third-order valence-electron chi connectivity index (χ3n) is 6.67. The number of anilines is 1. The lowest BCUT2D eigenvalue weighted by Crippen LogP contribution is -2.17. The summed E-state index contributed by atoms with van der Waals surface area (Å²) in [6, 6.07) is 15.6. The van der Waals surface area contributed by atoms with Crippen molar-refractivity contribution in [2.75, 3.05) is 18.0 Å². The Morgan fingerprint density at radius 3 is 2.07 bits per heavy atom. The van der Waals surface area contributed by atoms with Crippen molar-refractivity contribution < 1.29 is 0 Å². The molecule has 0 bridgehead atoms. The molecule has 1 N–H and O–H groups in total. The summed E-state index contributed by atoms with van der Waals surface area (Å²) < 4.78 is 4.48. The zero-order valence-electron chi connectivity index (χ0n) is 17.5. The van der Waals surface area contributed by atoms with E-state index in [0.29, 0.717) is 0 Å². The number of fused-ring (bicyclic) bond motifs is 2. The summed E-state index contributed by atoms with van der Waals surface area (Å²) in [6.07, 6.45) is 11.4. The first-order valence-electron chi connectivity index (χ1n) is 10.8. The van der Waals surface area contributed by atoms with Crippen LogP contribution < -0.4 is 4.90 Å². The van der Waals surface area contributed by atoms with E-state index in [-0.39, 0.29) is 0 Å². The lowest BCUT2D eigenvalue weighted by atomic mass is 9.98. The van der Waals surface area contributed by atoms with Crippen LogP contribution in [0.15, 0.2) is 67.3 Å². The van der Waals surface area contributed by atoms with E-state index in [0.717, 1.165) is 0 Å². The highest BCUT2D eigenvalue weighted by molar-refractivity contribution is 6.05. The zero-order valence-corrected chi connectivity index (χ0v) is 17.5. The molecule has 4 nitrogen and oxygen atoms in total. The Morgan fingerprint density at radius 2 is 1.33 bits per heavy atom. The largest absolute Gasteiger partial charge is 0.371 e. The van der Waals surface area contributed by atoms with E-state index in [4.69, 9.17) is 0 Å². The number of aryl methyl sites for hydroxylation is 2. The van der Waals surface area contributed by atoms with Gasteiger partial charge in [0.25, 0.3) is 0 Å². The molecule has 0 spiro atoms. The maximum atomic E-state index is 3.37. The summed E-state index contributed by atoms with van der Waals surface area (Å²) in [5, 5.41) is 2.60. The van der Waals surface area contributed by atoms with Crippen molar-refractivity contribution in [1.29, 1.82) is 0 Å². The van der Waals surface area contributed by atoms with Crippen molar-refractivity contribution in [2.45, 2.75) is 12.8 Å². The van der Waals surface area contributed by atoms with Crippen LogP contribution in [0.4, 0.5) is 5.69 Å². The van der Waals surface area contributed by atoms with Gasteiger partial charge in [-0.05, 0) is 31.0 Å². The molecule has 0 amide bonds. The van der Waals surface area contributed by atoms with Crippen LogP contribution in [0, 0.1) is 0 Å². The molecule has 0 unspecified atom stereocenters. The van der Waals surface area contributed by atoms with Gasteiger partial charge in [0.15, 0.2) is 0 Å². The Kier molecular flexibility index (Phi) is 3.82. The molecule has 30 heavy (non-hydrogen) atoms. The molecule has 1 aliphatic heterocycles. The molecule has 0 atom stereocenters. The minimum absolute atomic E-state index is 1.17. The molecule has 0 saturated carbocycles. The number of nitrogens with zero attached hydrogens (tertiary/aromatic N) is 3. The number of para-hydroxylation sites is 1. The fourth-order valence-corrected chi connectivity index (χ4v) is 5.12. The lowest BCUT2D eigenvalue weighted by molar-refractivity contribution is 0.949. The van der Waals surface area contributed by atoms with Crippen molar-refractivity contribution in [3.05, 3.63) is 67.3 Å². The molecule has 4 heteroatoms. The first-order chi connectivity index (χ1) is 14.7. The standard InChI is InChI=1S/C26H26N4/c1-28-16-23(19-7-3-4-8-25(19)28)21-14-27-15-22(21)24-17-29(2)26-13-18(9-10-20(24)26)30-11-5-6-12-30/h3-4,7-10,13-17,27H,5-6,11-12H2,1-2H3. The van der Waals surface area contributed by atoms with E-state index < -0.39 is 0 Å². The second-order valence-corrected chi connectivity index (χ2v) is 8.50. The average Bonchev–Trinajstić information content (AvgIpc) is 3.55. The predicted molar refractivity (Wildman–Crippen MR) is 126 cm³/mol. The number of hydrogen-bond acceptors (Lipinski definition) is 1. The summed E-state index contributed by atoms with van der Waals surface area (Å²) in [6.45, 7) is 2.34. The predicted octanol–water partition coefficient (Wildman–Crippen LogP) is 5.93. The van der Waals surface area contributed by atoms with Gasteiger partial charge in [0.1, 0.15) is 0 Å². The maximum Gasteiger partial charge on any atom is 0.0504 e. The zero-order chi connectivity index (χ0) is 20.2. The van der Waals surface area contributed by atoms with Crippen molar-refractivity contribution in [2.24, 2.45) is 14.1 Å². The minimum atomic E-state index is 1.17. The van der Waals surface area contributed by atoms with Crippen molar-refractivity contribution >= 4 is 27.5 Å². The summed E-state index contributed by atoms with van der Waals surface area (Å²) in [5.74, 6) is 0. The van der Waals surface area contributed by atoms with Gasteiger partial charge in [-0.2, -0.15) is 0 Å². The highest BCUT2D eigenvalue weighted by atomic mass is 15.1. The molecule has 2 aromatic carbocycles. The monoisotopic (exact) mass is 394 g/mol. The van der Waals surface area contributed by atoms with Gasteiger partial charge >= 0.3 is 0 Å². The number of aromatic amines is 1. The Balaban J connectivity index is 1.52. The van der Waals surface area contributed by atoms with Gasteiger partial charge in [-0.25, -0.2) is 0 Å². The maximum absolute atomic E-state index is 3.37. The van der Waals surface area contributed by atoms with E-state index >= 15 is 0 Å². The van der Waals surface area contributed by atoms with E-state index in [9.17, 15) is 0 Å². The number of benzene rings is 2. The van der Waals surface area contributed by atoms with Crippen LogP contribution in [0.5, 0.6) is 0 Å². The topological polar surface area (TPSA) is 28.9 Å². The number of rotatable bonds is 3. The second-order valence-electron chi connectivity index (χ2n) is 8.50. The Bertz CT molecular complexity index is 1380. The van der Waals surface area contributed by atoms with Crippen LogP contribution in [0.3, 0.4) is 0 Å². The van der Waals surface area contributed by atoms with Crippen molar-refractivity contribution in [1.82, 2.24) is 14.1 Å². The Morgan fingerprint density at radius 1 is 0.700 bits per heavy atom. The third kappa shape index (κ3) is 2.53. The van der Waals surface area contributed by atoms with Crippen molar-refractivity contribution in [3.63, 3.8) is 0 Å². The molecule has 0 aliphatic carbocycles. The second kappa shape index (κ2) is 6.56. The molecular formula is C26H26N4. The van der Waals surface area contributed by atoms with Gasteiger partial charge < -0.3 is 19.0 Å². The van der Waals surface area contributed by atoms with Gasteiger partial charge in [-0.1, -0.05) is 24.3 Å². The van der Waals surface area contributed by atoms with Crippen LogP contribution >= 0.6 is 0 Å². The van der Waals surface area contributed by atoms with E-state index in [1.807, 2.05) is 0 Å². The fraction of sp³-hybridized carbons (Fsp3) is 0.231. The number of nitrogens with one attached hydrogen (secondary N) is 1. The van der Waals surface area contributed by atoms with Gasteiger partial charge in [0, 0.05) is 96.2 Å². The lowest BCUT2D eigenvalue weighted by Gasteiger charge is -2.17. The van der Waals surface area contributed by atoms with Gasteiger partial charge in [-0.15, -0.1) is 0 Å². The van der Waals surface area contributed by atoms with Gasteiger partial charge in [0.05, 0.1) is 5.52 Å². The molecule has 1 aliphatic rings. The van der Waals surface area contributed by atoms with Crippen LogP contribution in [-0.2, 0) is 14.1 Å². The smallest absolute Gasteiger partial charge is 0.0504 e. The molecule has 3 aromatic heterocycles. The van der Waals surface area contributed by atoms with Crippen LogP contribution in [0.1, 0.15) is 12.8 Å². The molecule has 1 fully saturated rings. The molecule has 150 valence electrons. The molecule has 4 heterocycles. The Hall–Kier alpha value is -3.40. The fourth-order valence-electron chi connectivity index (χ4n) is 5.12. The highest BCUT2D eigenvalue weighted by Crippen LogP contribution is 2.40. The van der Waals surface area contributed by atoms with E-state index in [1.165, 1.54) is 75.7 Å².